The van der Waals surface area contributed by atoms with E-state index in [1.165, 1.54) is 18.4 Å². The topological polar surface area (TPSA) is 35.5 Å². The van der Waals surface area contributed by atoms with E-state index >= 15 is 0 Å². The van der Waals surface area contributed by atoms with E-state index in [2.05, 4.69) is 29.3 Å². The maximum Gasteiger partial charge on any atom is 0.0791 e. The average molecular weight is 248 g/mol. The van der Waals surface area contributed by atoms with Crippen molar-refractivity contribution in [1.29, 1.82) is 0 Å². The fourth-order valence-corrected chi connectivity index (χ4v) is 2.50. The Bertz CT molecular complexity index is 336. The van der Waals surface area contributed by atoms with Crippen LogP contribution in [0.25, 0.3) is 0 Å². The first-order chi connectivity index (χ1) is 8.75. The third-order valence-corrected chi connectivity index (χ3v) is 3.63. The summed E-state index contributed by atoms with van der Waals surface area (Å²) in [5, 5.41) is 13.4. The third kappa shape index (κ3) is 4.09. The molecule has 0 spiro atoms. The number of rotatable bonds is 6. The Kier molecular flexibility index (Phi) is 5.17. The third-order valence-electron chi connectivity index (χ3n) is 3.63. The van der Waals surface area contributed by atoms with E-state index in [1.54, 1.807) is 0 Å². The van der Waals surface area contributed by atoms with Gasteiger partial charge in [0.2, 0.25) is 0 Å². The van der Waals surface area contributed by atoms with E-state index in [9.17, 15) is 5.11 Å². The van der Waals surface area contributed by atoms with Gasteiger partial charge < -0.3 is 15.3 Å². The van der Waals surface area contributed by atoms with E-state index in [-0.39, 0.29) is 6.10 Å². The minimum Gasteiger partial charge on any atom is -0.390 e. The van der Waals surface area contributed by atoms with Crippen LogP contribution >= 0.6 is 0 Å². The van der Waals surface area contributed by atoms with Crippen LogP contribution in [-0.2, 0) is 0 Å². The molecule has 0 aliphatic carbocycles. The molecule has 1 aliphatic heterocycles. The highest BCUT2D eigenvalue weighted by Gasteiger charge is 2.16. The molecule has 100 valence electrons. The Balaban J connectivity index is 1.70. The molecule has 2 rings (SSSR count). The zero-order chi connectivity index (χ0) is 12.8. The van der Waals surface area contributed by atoms with Crippen molar-refractivity contribution in [1.82, 2.24) is 10.2 Å². The minimum absolute atomic E-state index is 0.269. The van der Waals surface area contributed by atoms with E-state index in [0.29, 0.717) is 12.6 Å². The molecule has 1 aliphatic rings. The number of nitrogens with zero attached hydrogens (tertiary/aromatic N) is 1. The predicted molar refractivity (Wildman–Crippen MR) is 74.5 cm³/mol. The van der Waals surface area contributed by atoms with Crippen LogP contribution in [0, 0.1) is 0 Å². The van der Waals surface area contributed by atoms with Gasteiger partial charge in [-0.2, -0.15) is 0 Å². The monoisotopic (exact) mass is 248 g/mol. The normalized spacial score (nSPS) is 19.9. The minimum atomic E-state index is -0.269. The quantitative estimate of drug-likeness (QED) is 0.806. The summed E-state index contributed by atoms with van der Waals surface area (Å²) in [5.74, 6) is 0. The summed E-state index contributed by atoms with van der Waals surface area (Å²) in [6.45, 7) is 5.88. The van der Waals surface area contributed by atoms with Crippen molar-refractivity contribution >= 4 is 0 Å². The standard InChI is InChI=1S/C15H24N2O/c1-13(14-7-3-2-4-8-14)16-11-15(18)12-17-9-5-6-10-17/h2-4,7-8,13,15-16,18H,5-6,9-12H2,1H3/t13-,15?/m0/s1. The highest BCUT2D eigenvalue weighted by molar-refractivity contribution is 5.17. The van der Waals surface area contributed by atoms with Crippen LogP contribution in [0.15, 0.2) is 30.3 Å². The van der Waals surface area contributed by atoms with Gasteiger partial charge in [0, 0.05) is 19.1 Å². The predicted octanol–water partition coefficient (Wildman–Crippen LogP) is 1.79. The van der Waals surface area contributed by atoms with Gasteiger partial charge in [-0.1, -0.05) is 30.3 Å². The Hall–Kier alpha value is -0.900. The van der Waals surface area contributed by atoms with Crippen molar-refractivity contribution in [2.75, 3.05) is 26.2 Å². The highest BCUT2D eigenvalue weighted by Crippen LogP contribution is 2.11. The molecule has 2 N–H and O–H groups in total. The van der Waals surface area contributed by atoms with Gasteiger partial charge in [0.1, 0.15) is 0 Å². The Morgan fingerprint density at radius 2 is 1.89 bits per heavy atom. The summed E-state index contributed by atoms with van der Waals surface area (Å²) in [7, 11) is 0. The maximum absolute atomic E-state index is 10.0. The van der Waals surface area contributed by atoms with Crippen molar-refractivity contribution in [3.05, 3.63) is 35.9 Å². The molecular weight excluding hydrogens is 224 g/mol. The fourth-order valence-electron chi connectivity index (χ4n) is 2.50. The second-order valence-corrected chi connectivity index (χ2v) is 5.20. The lowest BCUT2D eigenvalue weighted by molar-refractivity contribution is 0.121. The van der Waals surface area contributed by atoms with Crippen LogP contribution in [0.4, 0.5) is 0 Å². The summed E-state index contributed by atoms with van der Waals surface area (Å²) >= 11 is 0. The van der Waals surface area contributed by atoms with Crippen molar-refractivity contribution < 1.29 is 5.11 Å². The SMILES string of the molecule is C[C@H](NCC(O)CN1CCCC1)c1ccccc1. The Morgan fingerprint density at radius 3 is 2.56 bits per heavy atom. The number of hydrogen-bond donors (Lipinski definition) is 2. The number of nitrogens with one attached hydrogen (secondary N) is 1. The fraction of sp³-hybridized carbons (Fsp3) is 0.600. The Labute approximate surface area is 110 Å². The zero-order valence-corrected chi connectivity index (χ0v) is 11.2. The van der Waals surface area contributed by atoms with E-state index in [1.807, 2.05) is 18.2 Å². The first kappa shape index (κ1) is 13.5. The number of hydrogen-bond acceptors (Lipinski definition) is 3. The summed E-state index contributed by atoms with van der Waals surface area (Å²) in [6, 6.07) is 10.6. The molecule has 1 fully saturated rings. The molecule has 3 nitrogen and oxygen atoms in total. The summed E-state index contributed by atoms with van der Waals surface area (Å²) in [5.41, 5.74) is 1.27. The van der Waals surface area contributed by atoms with E-state index < -0.39 is 0 Å². The summed E-state index contributed by atoms with van der Waals surface area (Å²) in [6.07, 6.45) is 2.29. The highest BCUT2D eigenvalue weighted by atomic mass is 16.3. The molecule has 1 aromatic carbocycles. The van der Waals surface area contributed by atoms with Crippen LogP contribution in [0.2, 0.25) is 0 Å². The smallest absolute Gasteiger partial charge is 0.0791 e. The van der Waals surface area contributed by atoms with Gasteiger partial charge in [-0.05, 0) is 38.4 Å². The number of β-amino-alcohol motifs (C(OH)–C–C–N with tert-alkyl or cyclic N) is 1. The van der Waals surface area contributed by atoms with Crippen molar-refractivity contribution in [2.45, 2.75) is 31.9 Å². The average Bonchev–Trinajstić information content (AvgIpc) is 2.90. The van der Waals surface area contributed by atoms with Gasteiger partial charge in [0.25, 0.3) is 0 Å². The molecule has 1 heterocycles. The van der Waals surface area contributed by atoms with Gasteiger partial charge in [-0.15, -0.1) is 0 Å². The molecule has 1 saturated heterocycles. The summed E-state index contributed by atoms with van der Waals surface area (Å²) < 4.78 is 0. The second-order valence-electron chi connectivity index (χ2n) is 5.20. The van der Waals surface area contributed by atoms with Gasteiger partial charge >= 0.3 is 0 Å². The van der Waals surface area contributed by atoms with E-state index in [4.69, 9.17) is 0 Å². The van der Waals surface area contributed by atoms with E-state index in [0.717, 1.165) is 19.6 Å². The van der Waals surface area contributed by atoms with Crippen molar-refractivity contribution in [3.63, 3.8) is 0 Å². The van der Waals surface area contributed by atoms with Crippen molar-refractivity contribution in [3.8, 4) is 0 Å². The molecule has 1 unspecified atom stereocenters. The number of aliphatic hydroxyl groups excluding tert-OH is 1. The molecular formula is C15H24N2O. The van der Waals surface area contributed by atoms with Crippen LogP contribution in [-0.4, -0.2) is 42.3 Å². The molecule has 0 saturated carbocycles. The summed E-state index contributed by atoms with van der Waals surface area (Å²) in [4.78, 5) is 2.35. The maximum atomic E-state index is 10.0. The van der Waals surface area contributed by atoms with Gasteiger partial charge in [0.15, 0.2) is 0 Å². The number of aliphatic hydroxyl groups is 1. The van der Waals surface area contributed by atoms with Gasteiger partial charge in [-0.25, -0.2) is 0 Å². The van der Waals surface area contributed by atoms with Crippen LogP contribution in [0.3, 0.4) is 0 Å². The molecule has 0 amide bonds. The molecule has 0 aromatic heterocycles. The molecule has 1 aromatic rings. The lowest BCUT2D eigenvalue weighted by atomic mass is 10.1. The zero-order valence-electron chi connectivity index (χ0n) is 11.2. The lowest BCUT2D eigenvalue weighted by Crippen LogP contribution is -2.37. The van der Waals surface area contributed by atoms with Crippen molar-refractivity contribution in [2.24, 2.45) is 0 Å². The number of benzene rings is 1. The first-order valence-corrected chi connectivity index (χ1v) is 6.94. The Morgan fingerprint density at radius 1 is 1.22 bits per heavy atom. The first-order valence-electron chi connectivity index (χ1n) is 6.94. The second kappa shape index (κ2) is 6.88. The van der Waals surface area contributed by atoms with Crippen LogP contribution in [0.1, 0.15) is 31.4 Å². The molecule has 2 atom stereocenters. The largest absolute Gasteiger partial charge is 0.390 e. The van der Waals surface area contributed by atoms with Crippen LogP contribution in [0.5, 0.6) is 0 Å². The molecule has 3 heteroatoms. The number of likely N-dealkylation sites (tertiary alicyclic amines) is 1. The van der Waals surface area contributed by atoms with Gasteiger partial charge in [-0.3, -0.25) is 0 Å². The molecule has 0 bridgehead atoms. The van der Waals surface area contributed by atoms with Gasteiger partial charge in [0.05, 0.1) is 6.10 Å². The molecule has 18 heavy (non-hydrogen) atoms. The lowest BCUT2D eigenvalue weighted by Gasteiger charge is -2.21. The van der Waals surface area contributed by atoms with Crippen LogP contribution < -0.4 is 5.32 Å². The molecule has 0 radical (unpaired) electrons.